The van der Waals surface area contributed by atoms with Crippen LogP contribution in [0.5, 0.6) is 0 Å². The molecule has 0 aliphatic carbocycles. The van der Waals surface area contributed by atoms with Gasteiger partial charge >= 0.3 is 0 Å². The lowest BCUT2D eigenvalue weighted by Gasteiger charge is -2.16. The zero-order valence-corrected chi connectivity index (χ0v) is 20.3. The van der Waals surface area contributed by atoms with Crippen LogP contribution in [-0.2, 0) is 6.54 Å². The molecule has 3 aromatic carbocycles. The Bertz CT molecular complexity index is 1450. The standard InChI is InChI=1S/C28H25N5OS/c1-33(2)26-24-5-3-4-6-25(24)31-28(32-26)29-17-19-7-13-23(14-8-19)30-27(34)21-11-9-20(10-12-21)22-15-16-35-18-22/h3-16,18H,17H2,1-2H3,(H,30,34)(H,29,31,32). The lowest BCUT2D eigenvalue weighted by molar-refractivity contribution is 0.102. The Labute approximate surface area is 208 Å². The Morgan fingerprint density at radius 2 is 1.66 bits per heavy atom. The normalized spacial score (nSPS) is 10.8. The summed E-state index contributed by atoms with van der Waals surface area (Å²) in [7, 11) is 3.95. The Kier molecular flexibility index (Phi) is 6.41. The third kappa shape index (κ3) is 5.15. The smallest absolute Gasteiger partial charge is 0.255 e. The van der Waals surface area contributed by atoms with Crippen molar-refractivity contribution in [1.29, 1.82) is 0 Å². The predicted octanol–water partition coefficient (Wildman–Crippen LogP) is 6.29. The summed E-state index contributed by atoms with van der Waals surface area (Å²) in [6.45, 7) is 0.573. The van der Waals surface area contributed by atoms with Crippen molar-refractivity contribution >= 4 is 45.6 Å². The molecule has 0 aliphatic heterocycles. The number of carbonyl (C=O) groups excluding carboxylic acids is 1. The SMILES string of the molecule is CN(C)c1nc(NCc2ccc(NC(=O)c3ccc(-c4ccsc4)cc3)cc2)nc2ccccc12. The minimum Gasteiger partial charge on any atom is -0.362 e. The van der Waals surface area contributed by atoms with Crippen molar-refractivity contribution in [2.24, 2.45) is 0 Å². The molecule has 0 aliphatic rings. The van der Waals surface area contributed by atoms with E-state index in [1.165, 1.54) is 0 Å². The number of fused-ring (bicyclic) bond motifs is 1. The molecule has 2 N–H and O–H groups in total. The molecule has 35 heavy (non-hydrogen) atoms. The predicted molar refractivity (Wildman–Crippen MR) is 145 cm³/mol. The first-order valence-electron chi connectivity index (χ1n) is 11.3. The van der Waals surface area contributed by atoms with Crippen molar-refractivity contribution in [3.63, 3.8) is 0 Å². The number of hydrogen-bond acceptors (Lipinski definition) is 6. The van der Waals surface area contributed by atoms with Gasteiger partial charge < -0.3 is 15.5 Å². The zero-order valence-electron chi connectivity index (χ0n) is 19.5. The van der Waals surface area contributed by atoms with Crippen molar-refractivity contribution in [3.05, 3.63) is 101 Å². The van der Waals surface area contributed by atoms with Gasteiger partial charge in [0.15, 0.2) is 0 Å². The first-order chi connectivity index (χ1) is 17.1. The second-order valence-corrected chi connectivity index (χ2v) is 9.16. The molecule has 6 nitrogen and oxygen atoms in total. The van der Waals surface area contributed by atoms with Gasteiger partial charge in [0.1, 0.15) is 5.82 Å². The van der Waals surface area contributed by atoms with E-state index >= 15 is 0 Å². The fourth-order valence-electron chi connectivity index (χ4n) is 3.81. The highest BCUT2D eigenvalue weighted by Gasteiger charge is 2.10. The molecule has 0 bridgehead atoms. The van der Waals surface area contributed by atoms with Crippen molar-refractivity contribution < 1.29 is 4.79 Å². The highest BCUT2D eigenvalue weighted by atomic mass is 32.1. The molecule has 1 amide bonds. The molecule has 0 atom stereocenters. The fraction of sp³-hybridized carbons (Fsp3) is 0.107. The summed E-state index contributed by atoms with van der Waals surface area (Å²) in [5.41, 5.74) is 5.60. The van der Waals surface area contributed by atoms with Crippen LogP contribution in [0.25, 0.3) is 22.0 Å². The molecule has 0 radical (unpaired) electrons. The van der Waals surface area contributed by atoms with E-state index in [0.717, 1.165) is 39.1 Å². The first kappa shape index (κ1) is 22.6. The number of nitrogens with zero attached hydrogens (tertiary/aromatic N) is 3. The van der Waals surface area contributed by atoms with Crippen LogP contribution in [0.15, 0.2) is 89.6 Å². The van der Waals surface area contributed by atoms with Gasteiger partial charge in [-0.2, -0.15) is 16.3 Å². The lowest BCUT2D eigenvalue weighted by Crippen LogP contribution is -2.14. The van der Waals surface area contributed by atoms with Crippen LogP contribution in [0.1, 0.15) is 15.9 Å². The van der Waals surface area contributed by atoms with Gasteiger partial charge in [-0.05, 0) is 69.9 Å². The number of para-hydroxylation sites is 1. The van der Waals surface area contributed by atoms with Crippen molar-refractivity contribution in [3.8, 4) is 11.1 Å². The Hall–Kier alpha value is -4.23. The van der Waals surface area contributed by atoms with E-state index in [9.17, 15) is 4.79 Å². The second-order valence-electron chi connectivity index (χ2n) is 8.38. The molecular formula is C28H25N5OS. The van der Waals surface area contributed by atoms with Gasteiger partial charge in [0.05, 0.1) is 5.52 Å². The number of anilines is 3. The second kappa shape index (κ2) is 9.95. The van der Waals surface area contributed by atoms with Crippen LogP contribution in [-0.4, -0.2) is 30.0 Å². The molecule has 174 valence electrons. The van der Waals surface area contributed by atoms with Crippen molar-refractivity contribution in [2.75, 3.05) is 29.6 Å². The van der Waals surface area contributed by atoms with Crippen LogP contribution in [0.3, 0.4) is 0 Å². The highest BCUT2D eigenvalue weighted by Crippen LogP contribution is 2.24. The number of nitrogens with one attached hydrogen (secondary N) is 2. The van der Waals surface area contributed by atoms with Gasteiger partial charge in [-0.1, -0.05) is 36.4 Å². The van der Waals surface area contributed by atoms with E-state index in [-0.39, 0.29) is 5.91 Å². The lowest BCUT2D eigenvalue weighted by atomic mass is 10.1. The van der Waals surface area contributed by atoms with Crippen LogP contribution in [0.2, 0.25) is 0 Å². The maximum atomic E-state index is 12.7. The zero-order chi connectivity index (χ0) is 24.2. The van der Waals surface area contributed by atoms with E-state index < -0.39 is 0 Å². The summed E-state index contributed by atoms with van der Waals surface area (Å²) in [5.74, 6) is 1.32. The molecule has 7 heteroatoms. The van der Waals surface area contributed by atoms with Gasteiger partial charge in [0, 0.05) is 37.3 Å². The van der Waals surface area contributed by atoms with Gasteiger partial charge in [-0.3, -0.25) is 4.79 Å². The topological polar surface area (TPSA) is 70.2 Å². The monoisotopic (exact) mass is 479 g/mol. The molecule has 0 unspecified atom stereocenters. The number of benzene rings is 3. The molecule has 0 saturated carbocycles. The number of carbonyl (C=O) groups is 1. The van der Waals surface area contributed by atoms with E-state index in [0.29, 0.717) is 18.1 Å². The van der Waals surface area contributed by atoms with Gasteiger partial charge in [0.2, 0.25) is 5.95 Å². The van der Waals surface area contributed by atoms with E-state index in [1.54, 1.807) is 11.3 Å². The highest BCUT2D eigenvalue weighted by molar-refractivity contribution is 7.08. The van der Waals surface area contributed by atoms with Crippen LogP contribution in [0, 0.1) is 0 Å². The average molecular weight is 480 g/mol. The Balaban J connectivity index is 1.22. The third-order valence-electron chi connectivity index (χ3n) is 5.67. The number of rotatable bonds is 7. The van der Waals surface area contributed by atoms with Crippen LogP contribution >= 0.6 is 11.3 Å². The summed E-state index contributed by atoms with van der Waals surface area (Å²) < 4.78 is 0. The van der Waals surface area contributed by atoms with E-state index in [2.05, 4.69) is 32.0 Å². The number of aromatic nitrogens is 2. The summed E-state index contributed by atoms with van der Waals surface area (Å²) in [5, 5.41) is 11.4. The van der Waals surface area contributed by atoms with E-state index in [4.69, 9.17) is 0 Å². The fourth-order valence-corrected chi connectivity index (χ4v) is 4.48. The minimum atomic E-state index is -0.131. The maximum absolute atomic E-state index is 12.7. The molecule has 2 aromatic heterocycles. The number of hydrogen-bond donors (Lipinski definition) is 2. The molecule has 5 aromatic rings. The maximum Gasteiger partial charge on any atom is 0.255 e. The molecule has 0 fully saturated rings. The van der Waals surface area contributed by atoms with Gasteiger partial charge in [0.25, 0.3) is 5.91 Å². The summed E-state index contributed by atoms with van der Waals surface area (Å²) in [6.07, 6.45) is 0. The molecule has 0 saturated heterocycles. The van der Waals surface area contributed by atoms with Crippen molar-refractivity contribution in [1.82, 2.24) is 9.97 Å². The first-order valence-corrected chi connectivity index (χ1v) is 12.2. The minimum absolute atomic E-state index is 0.131. The molecular weight excluding hydrogens is 454 g/mol. The Morgan fingerprint density at radius 1 is 0.886 bits per heavy atom. The molecule has 0 spiro atoms. The van der Waals surface area contributed by atoms with Crippen molar-refractivity contribution in [2.45, 2.75) is 6.54 Å². The molecule has 2 heterocycles. The van der Waals surface area contributed by atoms with Crippen LogP contribution in [0.4, 0.5) is 17.5 Å². The Morgan fingerprint density at radius 3 is 2.37 bits per heavy atom. The third-order valence-corrected chi connectivity index (χ3v) is 6.35. The number of thiophene rings is 1. The summed E-state index contributed by atoms with van der Waals surface area (Å²) in [4.78, 5) is 24.0. The molecule has 5 rings (SSSR count). The average Bonchev–Trinajstić information content (AvgIpc) is 3.43. The number of amides is 1. The van der Waals surface area contributed by atoms with Gasteiger partial charge in [-0.25, -0.2) is 4.98 Å². The summed E-state index contributed by atoms with van der Waals surface area (Å²) in [6, 6.07) is 25.5. The van der Waals surface area contributed by atoms with Gasteiger partial charge in [-0.15, -0.1) is 0 Å². The summed E-state index contributed by atoms with van der Waals surface area (Å²) >= 11 is 1.66. The largest absolute Gasteiger partial charge is 0.362 e. The van der Waals surface area contributed by atoms with E-state index in [1.807, 2.05) is 97.2 Å². The quantitative estimate of drug-likeness (QED) is 0.287. The van der Waals surface area contributed by atoms with Crippen LogP contribution < -0.4 is 15.5 Å².